The Balaban J connectivity index is 2.33. The normalized spacial score (nSPS) is 14.2. The molecule has 0 aliphatic rings. The molecule has 0 saturated carbocycles. The zero-order valence-corrected chi connectivity index (χ0v) is 13.7. The van der Waals surface area contributed by atoms with Gasteiger partial charge in [0.15, 0.2) is 0 Å². The highest BCUT2D eigenvalue weighted by molar-refractivity contribution is 5.82. The van der Waals surface area contributed by atoms with Gasteiger partial charge in [0, 0.05) is 24.8 Å². The fourth-order valence-electron chi connectivity index (χ4n) is 2.32. The summed E-state index contributed by atoms with van der Waals surface area (Å²) in [6.45, 7) is 9.58. The van der Waals surface area contributed by atoms with Crippen LogP contribution >= 0.6 is 0 Å². The summed E-state index contributed by atoms with van der Waals surface area (Å²) < 4.78 is 1.65. The summed E-state index contributed by atoms with van der Waals surface area (Å²) in [5.74, 6) is -0.140. The Labute approximate surface area is 127 Å². The SMILES string of the molecule is CCN(CC)CCCC(C)NC(=O)C(N)c1cnn(C)c1. The van der Waals surface area contributed by atoms with E-state index in [9.17, 15) is 4.79 Å². The number of nitrogens with one attached hydrogen (secondary N) is 1. The number of hydrogen-bond acceptors (Lipinski definition) is 4. The zero-order valence-electron chi connectivity index (χ0n) is 13.7. The van der Waals surface area contributed by atoms with Crippen molar-refractivity contribution in [3.63, 3.8) is 0 Å². The average Bonchev–Trinajstić information content (AvgIpc) is 2.89. The van der Waals surface area contributed by atoms with Gasteiger partial charge in [-0.15, -0.1) is 0 Å². The van der Waals surface area contributed by atoms with Gasteiger partial charge in [-0.25, -0.2) is 0 Å². The molecule has 0 saturated heterocycles. The van der Waals surface area contributed by atoms with Gasteiger partial charge in [-0.2, -0.15) is 5.10 Å². The first-order chi connectivity index (χ1) is 9.97. The summed E-state index contributed by atoms with van der Waals surface area (Å²) in [5, 5.41) is 7.02. The highest BCUT2D eigenvalue weighted by atomic mass is 16.2. The second-order valence-electron chi connectivity index (χ2n) is 5.50. The molecule has 0 bridgehead atoms. The van der Waals surface area contributed by atoms with Crippen LogP contribution in [0.2, 0.25) is 0 Å². The van der Waals surface area contributed by atoms with E-state index in [4.69, 9.17) is 5.73 Å². The van der Waals surface area contributed by atoms with Crippen molar-refractivity contribution in [2.75, 3.05) is 19.6 Å². The lowest BCUT2D eigenvalue weighted by atomic mass is 10.1. The van der Waals surface area contributed by atoms with Crippen molar-refractivity contribution in [1.29, 1.82) is 0 Å². The summed E-state index contributed by atoms with van der Waals surface area (Å²) in [7, 11) is 1.81. The van der Waals surface area contributed by atoms with Crippen LogP contribution in [0, 0.1) is 0 Å². The van der Waals surface area contributed by atoms with Gasteiger partial charge in [0.1, 0.15) is 6.04 Å². The van der Waals surface area contributed by atoms with Gasteiger partial charge in [-0.1, -0.05) is 13.8 Å². The molecule has 1 rings (SSSR count). The molecule has 0 spiro atoms. The van der Waals surface area contributed by atoms with Crippen LogP contribution in [0.5, 0.6) is 0 Å². The van der Waals surface area contributed by atoms with E-state index < -0.39 is 6.04 Å². The van der Waals surface area contributed by atoms with Gasteiger partial charge < -0.3 is 16.0 Å². The first-order valence-corrected chi connectivity index (χ1v) is 7.74. The monoisotopic (exact) mass is 295 g/mol. The van der Waals surface area contributed by atoms with Crippen molar-refractivity contribution in [3.8, 4) is 0 Å². The lowest BCUT2D eigenvalue weighted by Gasteiger charge is -2.20. The molecule has 6 nitrogen and oxygen atoms in total. The minimum atomic E-state index is -0.649. The summed E-state index contributed by atoms with van der Waals surface area (Å²) in [6, 6.07) is -0.514. The maximum absolute atomic E-state index is 12.1. The maximum Gasteiger partial charge on any atom is 0.241 e. The molecule has 3 N–H and O–H groups in total. The molecule has 1 heterocycles. The smallest absolute Gasteiger partial charge is 0.241 e. The molecule has 0 radical (unpaired) electrons. The average molecular weight is 295 g/mol. The lowest BCUT2D eigenvalue weighted by Crippen LogP contribution is -2.39. The number of aromatic nitrogens is 2. The molecule has 0 fully saturated rings. The molecule has 2 atom stereocenters. The summed E-state index contributed by atoms with van der Waals surface area (Å²) in [6.07, 6.45) is 5.44. The summed E-state index contributed by atoms with van der Waals surface area (Å²) in [4.78, 5) is 14.5. The Morgan fingerprint density at radius 2 is 2.14 bits per heavy atom. The second-order valence-corrected chi connectivity index (χ2v) is 5.50. The van der Waals surface area contributed by atoms with Crippen LogP contribution in [0.1, 0.15) is 45.2 Å². The van der Waals surface area contributed by atoms with Crippen LogP contribution in [0.4, 0.5) is 0 Å². The Morgan fingerprint density at radius 3 is 2.67 bits per heavy atom. The van der Waals surface area contributed by atoms with Crippen molar-refractivity contribution in [1.82, 2.24) is 20.0 Å². The van der Waals surface area contributed by atoms with Crippen LogP contribution in [-0.4, -0.2) is 46.3 Å². The van der Waals surface area contributed by atoms with E-state index in [0.717, 1.165) is 38.0 Å². The molecule has 1 aromatic heterocycles. The number of nitrogens with two attached hydrogens (primary N) is 1. The fourth-order valence-corrected chi connectivity index (χ4v) is 2.32. The van der Waals surface area contributed by atoms with Gasteiger partial charge >= 0.3 is 0 Å². The van der Waals surface area contributed by atoms with E-state index in [-0.39, 0.29) is 11.9 Å². The Hall–Kier alpha value is -1.40. The number of rotatable bonds is 9. The molecule has 1 aromatic rings. The number of carbonyl (C=O) groups is 1. The van der Waals surface area contributed by atoms with Gasteiger partial charge in [-0.3, -0.25) is 9.48 Å². The van der Waals surface area contributed by atoms with E-state index in [1.807, 2.05) is 14.0 Å². The Morgan fingerprint density at radius 1 is 1.48 bits per heavy atom. The fraction of sp³-hybridized carbons (Fsp3) is 0.733. The van der Waals surface area contributed by atoms with Crippen molar-refractivity contribution < 1.29 is 4.79 Å². The molecule has 2 unspecified atom stereocenters. The number of hydrogen-bond donors (Lipinski definition) is 2. The lowest BCUT2D eigenvalue weighted by molar-refractivity contribution is -0.123. The van der Waals surface area contributed by atoms with Crippen molar-refractivity contribution in [2.24, 2.45) is 12.8 Å². The van der Waals surface area contributed by atoms with Crippen molar-refractivity contribution >= 4 is 5.91 Å². The number of carbonyl (C=O) groups excluding carboxylic acids is 1. The number of amides is 1. The van der Waals surface area contributed by atoms with E-state index in [1.165, 1.54) is 0 Å². The molecule has 6 heteroatoms. The predicted molar refractivity (Wildman–Crippen MR) is 84.8 cm³/mol. The minimum absolute atomic E-state index is 0.135. The zero-order chi connectivity index (χ0) is 15.8. The van der Waals surface area contributed by atoms with Crippen LogP contribution in [0.3, 0.4) is 0 Å². The largest absolute Gasteiger partial charge is 0.352 e. The highest BCUT2D eigenvalue weighted by Crippen LogP contribution is 2.09. The topological polar surface area (TPSA) is 76.2 Å². The van der Waals surface area contributed by atoms with E-state index >= 15 is 0 Å². The molecule has 120 valence electrons. The quantitative estimate of drug-likeness (QED) is 0.714. The van der Waals surface area contributed by atoms with E-state index in [2.05, 4.69) is 29.2 Å². The van der Waals surface area contributed by atoms with Gasteiger partial charge in [0.2, 0.25) is 5.91 Å². The predicted octanol–water partition coefficient (Wildman–Crippen LogP) is 1.05. The number of aryl methyl sites for hydroxylation is 1. The van der Waals surface area contributed by atoms with Gasteiger partial charge in [0.25, 0.3) is 0 Å². The maximum atomic E-state index is 12.1. The third kappa shape index (κ3) is 5.85. The second kappa shape index (κ2) is 8.79. The third-order valence-corrected chi connectivity index (χ3v) is 3.76. The first kappa shape index (κ1) is 17.7. The van der Waals surface area contributed by atoms with Gasteiger partial charge in [0.05, 0.1) is 6.20 Å². The van der Waals surface area contributed by atoms with Crippen molar-refractivity contribution in [2.45, 2.75) is 45.7 Å². The first-order valence-electron chi connectivity index (χ1n) is 7.74. The summed E-state index contributed by atoms with van der Waals surface area (Å²) in [5.41, 5.74) is 6.69. The Bertz CT molecular complexity index is 427. The van der Waals surface area contributed by atoms with Crippen molar-refractivity contribution in [3.05, 3.63) is 18.0 Å². The molecule has 1 amide bonds. The molecular weight excluding hydrogens is 266 g/mol. The molecule has 0 aliphatic carbocycles. The molecule has 21 heavy (non-hydrogen) atoms. The van der Waals surface area contributed by atoms with Gasteiger partial charge in [-0.05, 0) is 39.4 Å². The number of nitrogens with zero attached hydrogens (tertiary/aromatic N) is 3. The summed E-state index contributed by atoms with van der Waals surface area (Å²) >= 11 is 0. The van der Waals surface area contributed by atoms with Crippen LogP contribution in [0.15, 0.2) is 12.4 Å². The highest BCUT2D eigenvalue weighted by Gasteiger charge is 2.18. The third-order valence-electron chi connectivity index (χ3n) is 3.76. The van der Waals surface area contributed by atoms with Crippen LogP contribution in [0.25, 0.3) is 0 Å². The van der Waals surface area contributed by atoms with Crippen LogP contribution < -0.4 is 11.1 Å². The molecular formula is C15H29N5O. The minimum Gasteiger partial charge on any atom is -0.352 e. The standard InChI is InChI=1S/C15H29N5O/c1-5-20(6-2)9-7-8-12(3)18-15(21)14(16)13-10-17-19(4)11-13/h10-12,14H,5-9,16H2,1-4H3,(H,18,21). The molecule has 0 aliphatic heterocycles. The molecule has 0 aromatic carbocycles. The Kier molecular flexibility index (Phi) is 7.39. The van der Waals surface area contributed by atoms with E-state index in [0.29, 0.717) is 0 Å². The van der Waals surface area contributed by atoms with E-state index in [1.54, 1.807) is 17.1 Å². The van der Waals surface area contributed by atoms with Crippen LogP contribution in [-0.2, 0) is 11.8 Å².